The normalized spacial score (nSPS) is 10.3. The number of methoxy groups -OCH3 is 2. The molecule has 0 aliphatic heterocycles. The van der Waals surface area contributed by atoms with Gasteiger partial charge in [0.25, 0.3) is 5.91 Å². The SMILES string of the molecule is C=CCc1cc(C(=O)N(C)Cc2ccc(N(C)C)cc2)cc(OC)c1OC. The second-order valence-corrected chi connectivity index (χ2v) is 6.59. The lowest BCUT2D eigenvalue weighted by Crippen LogP contribution is -2.26. The average Bonchev–Trinajstić information content (AvgIpc) is 2.67. The van der Waals surface area contributed by atoms with E-state index in [9.17, 15) is 4.79 Å². The minimum absolute atomic E-state index is 0.0713. The van der Waals surface area contributed by atoms with Crippen molar-refractivity contribution in [3.05, 3.63) is 65.7 Å². The number of ether oxygens (including phenoxy) is 2. The monoisotopic (exact) mass is 368 g/mol. The van der Waals surface area contributed by atoms with E-state index in [-0.39, 0.29) is 5.91 Å². The van der Waals surface area contributed by atoms with Crippen LogP contribution in [0.3, 0.4) is 0 Å². The third-order valence-corrected chi connectivity index (χ3v) is 4.39. The van der Waals surface area contributed by atoms with Crippen molar-refractivity contribution in [2.24, 2.45) is 0 Å². The number of allylic oxidation sites excluding steroid dienone is 1. The van der Waals surface area contributed by atoms with E-state index in [4.69, 9.17) is 9.47 Å². The summed E-state index contributed by atoms with van der Waals surface area (Å²) in [4.78, 5) is 16.7. The lowest BCUT2D eigenvalue weighted by Gasteiger charge is -2.20. The second kappa shape index (κ2) is 9.12. The molecule has 27 heavy (non-hydrogen) atoms. The van der Waals surface area contributed by atoms with Crippen molar-refractivity contribution in [3.8, 4) is 11.5 Å². The lowest BCUT2D eigenvalue weighted by molar-refractivity contribution is 0.0784. The van der Waals surface area contributed by atoms with Crippen LogP contribution in [0.1, 0.15) is 21.5 Å². The fourth-order valence-electron chi connectivity index (χ4n) is 2.94. The van der Waals surface area contributed by atoms with Crippen LogP contribution < -0.4 is 14.4 Å². The van der Waals surface area contributed by atoms with Gasteiger partial charge in [-0.25, -0.2) is 0 Å². The van der Waals surface area contributed by atoms with Gasteiger partial charge in [0.2, 0.25) is 0 Å². The Morgan fingerprint density at radius 2 is 1.74 bits per heavy atom. The molecule has 5 heteroatoms. The first-order valence-corrected chi connectivity index (χ1v) is 8.78. The van der Waals surface area contributed by atoms with Gasteiger partial charge in [0, 0.05) is 44.5 Å². The quantitative estimate of drug-likeness (QED) is 0.665. The molecule has 0 fully saturated rings. The lowest BCUT2D eigenvalue weighted by atomic mass is 10.0. The van der Waals surface area contributed by atoms with E-state index >= 15 is 0 Å². The third-order valence-electron chi connectivity index (χ3n) is 4.39. The molecule has 0 bridgehead atoms. The van der Waals surface area contributed by atoms with Gasteiger partial charge in [-0.2, -0.15) is 0 Å². The molecular weight excluding hydrogens is 340 g/mol. The highest BCUT2D eigenvalue weighted by Crippen LogP contribution is 2.33. The van der Waals surface area contributed by atoms with Crippen molar-refractivity contribution >= 4 is 11.6 Å². The maximum absolute atomic E-state index is 12.9. The molecule has 0 aromatic heterocycles. The van der Waals surface area contributed by atoms with Gasteiger partial charge < -0.3 is 19.3 Å². The number of anilines is 1. The Hall–Kier alpha value is -2.95. The molecule has 2 rings (SSSR count). The number of benzene rings is 2. The fraction of sp³-hybridized carbons (Fsp3) is 0.318. The molecule has 0 heterocycles. The topological polar surface area (TPSA) is 42.0 Å². The smallest absolute Gasteiger partial charge is 0.254 e. The van der Waals surface area contributed by atoms with E-state index in [1.807, 2.05) is 49.3 Å². The molecule has 0 N–H and O–H groups in total. The van der Waals surface area contributed by atoms with Crippen LogP contribution in [0.5, 0.6) is 11.5 Å². The molecular formula is C22H28N2O3. The first-order chi connectivity index (χ1) is 12.9. The molecule has 0 saturated carbocycles. The molecule has 5 nitrogen and oxygen atoms in total. The van der Waals surface area contributed by atoms with Gasteiger partial charge >= 0.3 is 0 Å². The van der Waals surface area contributed by atoms with E-state index in [0.29, 0.717) is 30.0 Å². The minimum Gasteiger partial charge on any atom is -0.493 e. The fourth-order valence-corrected chi connectivity index (χ4v) is 2.94. The van der Waals surface area contributed by atoms with E-state index < -0.39 is 0 Å². The van der Waals surface area contributed by atoms with Crippen LogP contribution in [0.2, 0.25) is 0 Å². The zero-order valence-electron chi connectivity index (χ0n) is 16.8. The summed E-state index contributed by atoms with van der Waals surface area (Å²) in [6.07, 6.45) is 2.37. The maximum Gasteiger partial charge on any atom is 0.254 e. The van der Waals surface area contributed by atoms with Gasteiger partial charge in [-0.05, 0) is 36.2 Å². The number of hydrogen-bond acceptors (Lipinski definition) is 4. The maximum atomic E-state index is 12.9. The summed E-state index contributed by atoms with van der Waals surface area (Å²) in [6.45, 7) is 4.30. The van der Waals surface area contributed by atoms with Gasteiger partial charge in [-0.1, -0.05) is 18.2 Å². The Balaban J connectivity index is 2.24. The van der Waals surface area contributed by atoms with Crippen LogP contribution in [0.25, 0.3) is 0 Å². The molecule has 0 unspecified atom stereocenters. The number of carbonyl (C=O) groups excluding carboxylic acids is 1. The molecule has 2 aromatic carbocycles. The van der Waals surface area contributed by atoms with Crippen molar-refractivity contribution in [2.75, 3.05) is 40.3 Å². The summed E-state index contributed by atoms with van der Waals surface area (Å²) < 4.78 is 10.9. The number of carbonyl (C=O) groups is 1. The van der Waals surface area contributed by atoms with Crippen molar-refractivity contribution in [3.63, 3.8) is 0 Å². The highest BCUT2D eigenvalue weighted by atomic mass is 16.5. The third kappa shape index (κ3) is 4.82. The van der Waals surface area contributed by atoms with Crippen molar-refractivity contribution in [2.45, 2.75) is 13.0 Å². The Morgan fingerprint density at radius 3 is 2.26 bits per heavy atom. The first kappa shape index (κ1) is 20.4. The Kier molecular flexibility index (Phi) is 6.88. The predicted molar refractivity (Wildman–Crippen MR) is 110 cm³/mol. The van der Waals surface area contributed by atoms with E-state index in [2.05, 4.69) is 6.58 Å². The zero-order valence-corrected chi connectivity index (χ0v) is 16.8. The van der Waals surface area contributed by atoms with E-state index in [1.54, 1.807) is 38.3 Å². The summed E-state index contributed by atoms with van der Waals surface area (Å²) in [5, 5.41) is 0. The van der Waals surface area contributed by atoms with Crippen LogP contribution in [-0.4, -0.2) is 46.2 Å². The highest BCUT2D eigenvalue weighted by Gasteiger charge is 2.18. The van der Waals surface area contributed by atoms with Crippen LogP contribution >= 0.6 is 0 Å². The van der Waals surface area contributed by atoms with Crippen LogP contribution in [-0.2, 0) is 13.0 Å². The summed E-state index contributed by atoms with van der Waals surface area (Å²) in [5.74, 6) is 1.11. The van der Waals surface area contributed by atoms with Gasteiger partial charge in [0.1, 0.15) is 0 Å². The average molecular weight is 368 g/mol. The van der Waals surface area contributed by atoms with Crippen LogP contribution in [0.4, 0.5) is 5.69 Å². The number of rotatable bonds is 8. The van der Waals surface area contributed by atoms with E-state index in [0.717, 1.165) is 16.8 Å². The molecule has 0 aliphatic rings. The van der Waals surface area contributed by atoms with Crippen LogP contribution in [0, 0.1) is 0 Å². The molecule has 0 radical (unpaired) electrons. The van der Waals surface area contributed by atoms with Crippen molar-refractivity contribution in [1.29, 1.82) is 0 Å². The largest absolute Gasteiger partial charge is 0.493 e. The number of amides is 1. The standard InChI is InChI=1S/C22H28N2O3/c1-7-8-17-13-18(14-20(26-5)21(17)27-6)22(25)24(4)15-16-9-11-19(12-10-16)23(2)3/h7,9-14H,1,8,15H2,2-6H3. The molecule has 0 aliphatic carbocycles. The number of hydrogen-bond donors (Lipinski definition) is 0. The molecule has 1 amide bonds. The van der Waals surface area contributed by atoms with Gasteiger partial charge in [0.15, 0.2) is 11.5 Å². The van der Waals surface area contributed by atoms with Crippen LogP contribution in [0.15, 0.2) is 49.1 Å². The first-order valence-electron chi connectivity index (χ1n) is 8.78. The Morgan fingerprint density at radius 1 is 1.07 bits per heavy atom. The summed E-state index contributed by atoms with van der Waals surface area (Å²) in [7, 11) is 8.96. The molecule has 2 aromatic rings. The summed E-state index contributed by atoms with van der Waals surface area (Å²) in [6, 6.07) is 11.7. The van der Waals surface area contributed by atoms with E-state index in [1.165, 1.54) is 0 Å². The molecule has 0 saturated heterocycles. The van der Waals surface area contributed by atoms with Gasteiger partial charge in [-0.15, -0.1) is 6.58 Å². The second-order valence-electron chi connectivity index (χ2n) is 6.59. The predicted octanol–water partition coefficient (Wildman–Crippen LogP) is 3.77. The van der Waals surface area contributed by atoms with Gasteiger partial charge in [0.05, 0.1) is 14.2 Å². The summed E-state index contributed by atoms with van der Waals surface area (Å²) in [5.41, 5.74) is 3.64. The van der Waals surface area contributed by atoms with Crippen molar-refractivity contribution < 1.29 is 14.3 Å². The highest BCUT2D eigenvalue weighted by molar-refractivity contribution is 5.95. The van der Waals surface area contributed by atoms with Gasteiger partial charge in [-0.3, -0.25) is 4.79 Å². The molecule has 0 atom stereocenters. The molecule has 0 spiro atoms. The zero-order chi connectivity index (χ0) is 20.0. The van der Waals surface area contributed by atoms with Crippen molar-refractivity contribution in [1.82, 2.24) is 4.90 Å². The minimum atomic E-state index is -0.0713. The Bertz CT molecular complexity index is 798. The number of nitrogens with zero attached hydrogens (tertiary/aromatic N) is 2. The Labute approximate surface area is 161 Å². The summed E-state index contributed by atoms with van der Waals surface area (Å²) >= 11 is 0. The molecule has 144 valence electrons.